The lowest BCUT2D eigenvalue weighted by Crippen LogP contribution is -2.31. The van der Waals surface area contributed by atoms with Gasteiger partial charge in [0.1, 0.15) is 5.76 Å². The summed E-state index contributed by atoms with van der Waals surface area (Å²) in [5.74, 6) is -1.38. The maximum Gasteiger partial charge on any atom is 0.295 e. The molecule has 2 heterocycles. The van der Waals surface area contributed by atoms with Crippen LogP contribution < -0.4 is 0 Å². The monoisotopic (exact) mass is 463 g/mol. The average molecular weight is 464 g/mol. The number of rotatable bonds is 7. The molecule has 1 fully saturated rings. The van der Waals surface area contributed by atoms with Crippen molar-refractivity contribution in [3.05, 3.63) is 62.3 Å². The number of carbonyl (C=O) groups is 2. The summed E-state index contributed by atoms with van der Waals surface area (Å²) >= 11 is 4.82. The fourth-order valence-corrected chi connectivity index (χ4v) is 4.28. The van der Waals surface area contributed by atoms with E-state index in [2.05, 4.69) is 15.9 Å². The third-order valence-corrected chi connectivity index (χ3v) is 5.92. The number of hydrogen-bond acceptors (Lipinski definition) is 5. The van der Waals surface area contributed by atoms with Crippen molar-refractivity contribution in [2.75, 3.05) is 13.2 Å². The van der Waals surface area contributed by atoms with Crippen LogP contribution in [0.25, 0.3) is 5.76 Å². The van der Waals surface area contributed by atoms with E-state index < -0.39 is 17.7 Å². The van der Waals surface area contributed by atoms with Gasteiger partial charge in [0.05, 0.1) is 17.7 Å². The van der Waals surface area contributed by atoms with Crippen LogP contribution in [0.4, 0.5) is 0 Å². The highest BCUT2D eigenvalue weighted by Gasteiger charge is 2.46. The molecule has 1 unspecified atom stereocenters. The van der Waals surface area contributed by atoms with Crippen LogP contribution in [-0.4, -0.2) is 41.0 Å². The molecule has 5 nitrogen and oxygen atoms in total. The van der Waals surface area contributed by atoms with E-state index in [1.54, 1.807) is 29.2 Å². The second kappa shape index (κ2) is 9.03. The van der Waals surface area contributed by atoms with Gasteiger partial charge in [-0.1, -0.05) is 34.1 Å². The lowest BCUT2D eigenvalue weighted by Gasteiger charge is -2.24. The van der Waals surface area contributed by atoms with Crippen molar-refractivity contribution in [3.8, 4) is 0 Å². The number of likely N-dealkylation sites (tertiary alicyclic amines) is 1. The van der Waals surface area contributed by atoms with Gasteiger partial charge in [-0.25, -0.2) is 0 Å². The standard InChI is InChI=1S/C21H22BrNO4S/c1-13(2)27-11-4-10-23-18(16-5-3-12-28-16)17(20(25)21(23)26)19(24)14-6-8-15(22)9-7-14/h3,5-9,12-13,18,24H,4,10-11H2,1-2H3/b19-17-. The van der Waals surface area contributed by atoms with Crippen LogP contribution in [-0.2, 0) is 14.3 Å². The SMILES string of the molecule is CC(C)OCCCN1C(=O)C(=O)/C(=C(\O)c2ccc(Br)cc2)C1c1cccs1. The predicted molar refractivity (Wildman–Crippen MR) is 113 cm³/mol. The Bertz CT molecular complexity index is 874. The van der Waals surface area contributed by atoms with E-state index in [-0.39, 0.29) is 17.4 Å². The Morgan fingerprint density at radius 3 is 2.57 bits per heavy atom. The summed E-state index contributed by atoms with van der Waals surface area (Å²) < 4.78 is 6.42. The zero-order chi connectivity index (χ0) is 20.3. The molecule has 0 radical (unpaired) electrons. The number of nitrogens with zero attached hydrogens (tertiary/aromatic N) is 1. The quantitative estimate of drug-likeness (QED) is 0.278. The second-order valence-corrected chi connectivity index (χ2v) is 8.68. The van der Waals surface area contributed by atoms with Gasteiger partial charge in [0.25, 0.3) is 11.7 Å². The Kier molecular flexibility index (Phi) is 6.69. The van der Waals surface area contributed by atoms with Crippen molar-refractivity contribution >= 4 is 44.7 Å². The lowest BCUT2D eigenvalue weighted by atomic mass is 10.00. The average Bonchev–Trinajstić information content (AvgIpc) is 3.27. The van der Waals surface area contributed by atoms with Gasteiger partial charge in [0.15, 0.2) is 0 Å². The van der Waals surface area contributed by atoms with Gasteiger partial charge < -0.3 is 14.7 Å². The molecule has 0 spiro atoms. The molecule has 3 rings (SSSR count). The highest BCUT2D eigenvalue weighted by molar-refractivity contribution is 9.10. The highest BCUT2D eigenvalue weighted by atomic mass is 79.9. The fourth-order valence-electron chi connectivity index (χ4n) is 3.17. The maximum atomic E-state index is 12.8. The van der Waals surface area contributed by atoms with Crippen LogP contribution in [0.2, 0.25) is 0 Å². The molecule has 0 bridgehead atoms. The van der Waals surface area contributed by atoms with Crippen LogP contribution in [0.3, 0.4) is 0 Å². The Labute approximate surface area is 176 Å². The number of ether oxygens (including phenoxy) is 1. The van der Waals surface area contributed by atoms with Gasteiger partial charge in [-0.15, -0.1) is 11.3 Å². The summed E-state index contributed by atoms with van der Waals surface area (Å²) in [6.45, 7) is 4.80. The molecule has 1 amide bonds. The van der Waals surface area contributed by atoms with Gasteiger partial charge in [0.2, 0.25) is 0 Å². The van der Waals surface area contributed by atoms with Crippen LogP contribution in [0.15, 0.2) is 51.8 Å². The highest BCUT2D eigenvalue weighted by Crippen LogP contribution is 2.41. The first-order chi connectivity index (χ1) is 13.4. The number of aliphatic hydroxyl groups is 1. The zero-order valence-corrected chi connectivity index (χ0v) is 18.1. The van der Waals surface area contributed by atoms with Gasteiger partial charge in [-0.2, -0.15) is 0 Å². The molecule has 2 aromatic rings. The number of halogens is 1. The van der Waals surface area contributed by atoms with E-state index in [0.29, 0.717) is 25.1 Å². The van der Waals surface area contributed by atoms with E-state index in [1.807, 2.05) is 31.4 Å². The van der Waals surface area contributed by atoms with Crippen molar-refractivity contribution in [3.63, 3.8) is 0 Å². The number of ketones is 1. The van der Waals surface area contributed by atoms with Crippen molar-refractivity contribution in [1.82, 2.24) is 4.90 Å². The normalized spacial score (nSPS) is 19.0. The summed E-state index contributed by atoms with van der Waals surface area (Å²) in [6.07, 6.45) is 0.728. The minimum absolute atomic E-state index is 0.112. The molecule has 7 heteroatoms. The molecule has 28 heavy (non-hydrogen) atoms. The van der Waals surface area contributed by atoms with Gasteiger partial charge in [-0.05, 0) is 43.8 Å². The third kappa shape index (κ3) is 4.37. The van der Waals surface area contributed by atoms with Crippen LogP contribution in [0.1, 0.15) is 36.8 Å². The summed E-state index contributed by atoms with van der Waals surface area (Å²) in [5.41, 5.74) is 0.644. The molecule has 1 aromatic carbocycles. The molecular formula is C21H22BrNO4S. The first-order valence-electron chi connectivity index (χ1n) is 9.09. The predicted octanol–water partition coefficient (Wildman–Crippen LogP) is 4.75. The molecule has 1 saturated heterocycles. The van der Waals surface area contributed by atoms with Gasteiger partial charge in [0, 0.05) is 28.1 Å². The second-order valence-electron chi connectivity index (χ2n) is 6.79. The van der Waals surface area contributed by atoms with E-state index in [1.165, 1.54) is 11.3 Å². The van der Waals surface area contributed by atoms with E-state index >= 15 is 0 Å². The number of aliphatic hydroxyl groups excluding tert-OH is 1. The van der Waals surface area contributed by atoms with Crippen molar-refractivity contribution in [2.24, 2.45) is 0 Å². The Morgan fingerprint density at radius 2 is 1.96 bits per heavy atom. The number of carbonyl (C=O) groups excluding carboxylic acids is 2. The smallest absolute Gasteiger partial charge is 0.295 e. The van der Waals surface area contributed by atoms with Crippen LogP contribution >= 0.6 is 27.3 Å². The van der Waals surface area contributed by atoms with Crippen molar-refractivity contribution < 1.29 is 19.4 Å². The Morgan fingerprint density at radius 1 is 1.25 bits per heavy atom. The Hall–Kier alpha value is -1.96. The fraction of sp³-hybridized carbons (Fsp3) is 0.333. The molecule has 0 saturated carbocycles. The van der Waals surface area contributed by atoms with Crippen molar-refractivity contribution in [1.29, 1.82) is 0 Å². The summed E-state index contributed by atoms with van der Waals surface area (Å²) in [7, 11) is 0. The molecule has 1 aliphatic rings. The van der Waals surface area contributed by atoms with E-state index in [0.717, 1.165) is 9.35 Å². The number of benzene rings is 1. The molecule has 1 aromatic heterocycles. The van der Waals surface area contributed by atoms with E-state index in [9.17, 15) is 14.7 Å². The molecule has 1 N–H and O–H groups in total. The summed E-state index contributed by atoms with van der Waals surface area (Å²) in [6, 6.07) is 10.2. The van der Waals surface area contributed by atoms with Crippen LogP contribution in [0, 0.1) is 0 Å². The molecule has 1 aliphatic heterocycles. The van der Waals surface area contributed by atoms with E-state index in [4.69, 9.17) is 4.74 Å². The number of hydrogen-bond donors (Lipinski definition) is 1. The van der Waals surface area contributed by atoms with Crippen LogP contribution in [0.5, 0.6) is 0 Å². The minimum Gasteiger partial charge on any atom is -0.507 e. The van der Waals surface area contributed by atoms with Gasteiger partial charge in [-0.3, -0.25) is 9.59 Å². The van der Waals surface area contributed by atoms with Crippen molar-refractivity contribution in [2.45, 2.75) is 32.4 Å². The topological polar surface area (TPSA) is 66.8 Å². The third-order valence-electron chi connectivity index (χ3n) is 4.46. The zero-order valence-electron chi connectivity index (χ0n) is 15.7. The van der Waals surface area contributed by atoms with Gasteiger partial charge >= 0.3 is 0 Å². The summed E-state index contributed by atoms with van der Waals surface area (Å²) in [5, 5.41) is 12.8. The molecule has 1 atom stereocenters. The number of thiophene rings is 1. The Balaban J connectivity index is 1.96. The molecule has 0 aliphatic carbocycles. The lowest BCUT2D eigenvalue weighted by molar-refractivity contribution is -0.140. The maximum absolute atomic E-state index is 12.8. The number of amides is 1. The number of Topliss-reactive ketones (excluding diaryl/α,β-unsaturated/α-hetero) is 1. The first kappa shape index (κ1) is 20.8. The molecule has 148 valence electrons. The summed E-state index contributed by atoms with van der Waals surface area (Å²) in [4.78, 5) is 27.9. The first-order valence-corrected chi connectivity index (χ1v) is 10.8. The largest absolute Gasteiger partial charge is 0.507 e. The minimum atomic E-state index is -0.649. The molecular weight excluding hydrogens is 442 g/mol.